The molecule has 2 saturated heterocycles. The lowest BCUT2D eigenvalue weighted by molar-refractivity contribution is -0.171. The Morgan fingerprint density at radius 2 is 1.96 bits per heavy atom. The highest BCUT2D eigenvalue weighted by atomic mass is 35.5. The number of H-pyrrole nitrogens is 1. The van der Waals surface area contributed by atoms with Crippen LogP contribution in [0.4, 0.5) is 0 Å². The predicted molar refractivity (Wildman–Crippen MR) is 158 cm³/mol. The van der Waals surface area contributed by atoms with Gasteiger partial charge in [0.2, 0.25) is 6.29 Å². The van der Waals surface area contributed by atoms with E-state index in [1.807, 2.05) is 0 Å². The quantitative estimate of drug-likeness (QED) is 0.126. The van der Waals surface area contributed by atoms with E-state index in [2.05, 4.69) is 10.1 Å². The summed E-state index contributed by atoms with van der Waals surface area (Å²) >= 11 is 12.4. The average Bonchev–Trinajstić information content (AvgIpc) is 3.53. The number of hydrogen-bond donors (Lipinski definition) is 3. The largest absolute Gasteiger partial charge is 0.503 e. The maximum absolute atomic E-state index is 12.7. The highest BCUT2D eigenvalue weighted by Crippen LogP contribution is 2.46. The fourth-order valence-corrected chi connectivity index (χ4v) is 6.00. The zero-order valence-corrected chi connectivity index (χ0v) is 26.9. The van der Waals surface area contributed by atoms with Gasteiger partial charge in [-0.05, 0) is 13.8 Å². The Morgan fingerprint density at radius 3 is 2.64 bits per heavy atom. The third-order valence-electron chi connectivity index (χ3n) is 7.10. The Balaban J connectivity index is 1.46. The van der Waals surface area contributed by atoms with Crippen LogP contribution in [-0.4, -0.2) is 76.7 Å². The lowest BCUT2D eigenvalue weighted by Gasteiger charge is -2.20. The SMILES string of the molecule is COc1cc(Cl)c(/C=N/O[C@@H]2C[C@H](n3cc(C)c(=O)[nH]c3=O)O[C@@H]2COP(=O)(O)OC[C@@H]2CC(OC(C)=O)OC2C)c(Cl)c1O. The molecule has 1 aromatic carbocycles. The summed E-state index contributed by atoms with van der Waals surface area (Å²) < 4.78 is 45.7. The highest BCUT2D eigenvalue weighted by Gasteiger charge is 2.41. The van der Waals surface area contributed by atoms with Crippen LogP contribution >= 0.6 is 31.0 Å². The molecule has 3 unspecified atom stereocenters. The van der Waals surface area contributed by atoms with Gasteiger partial charge in [0.15, 0.2) is 17.6 Å². The number of phosphoric ester groups is 1. The monoisotopic (exact) mass is 695 g/mol. The fourth-order valence-electron chi connectivity index (χ4n) is 4.67. The molecule has 4 rings (SSSR count). The smallest absolute Gasteiger partial charge is 0.472 e. The summed E-state index contributed by atoms with van der Waals surface area (Å²) in [6.45, 7) is 3.70. The number of aromatic amines is 1. The second-order valence-corrected chi connectivity index (χ2v) is 12.5. The van der Waals surface area contributed by atoms with Crippen molar-refractivity contribution in [2.75, 3.05) is 20.3 Å². The van der Waals surface area contributed by atoms with Crippen LogP contribution in [0.25, 0.3) is 0 Å². The van der Waals surface area contributed by atoms with Gasteiger partial charge in [-0.3, -0.25) is 28.2 Å². The third-order valence-corrected chi connectivity index (χ3v) is 8.75. The molecule has 1 aromatic heterocycles. The van der Waals surface area contributed by atoms with Crippen molar-refractivity contribution in [3.05, 3.63) is 54.3 Å². The van der Waals surface area contributed by atoms with Crippen molar-refractivity contribution >= 4 is 43.2 Å². The van der Waals surface area contributed by atoms with Gasteiger partial charge >= 0.3 is 19.5 Å². The number of aromatic nitrogens is 2. The molecule has 2 aromatic rings. The maximum atomic E-state index is 12.7. The molecule has 248 valence electrons. The number of oxime groups is 1. The van der Waals surface area contributed by atoms with Crippen molar-refractivity contribution in [3.8, 4) is 11.5 Å². The van der Waals surface area contributed by atoms with Gasteiger partial charge in [-0.15, -0.1) is 0 Å². The molecule has 7 atom stereocenters. The summed E-state index contributed by atoms with van der Waals surface area (Å²) in [6.07, 6.45) is -1.51. The number of halogens is 2. The molecule has 2 aliphatic rings. The van der Waals surface area contributed by atoms with Gasteiger partial charge in [-0.1, -0.05) is 28.4 Å². The van der Waals surface area contributed by atoms with Crippen molar-refractivity contribution in [2.45, 2.75) is 64.4 Å². The first-order valence-electron chi connectivity index (χ1n) is 13.5. The van der Waals surface area contributed by atoms with Crippen LogP contribution in [0.15, 0.2) is 27.0 Å². The summed E-state index contributed by atoms with van der Waals surface area (Å²) in [7, 11) is -3.31. The van der Waals surface area contributed by atoms with Crippen LogP contribution in [0.2, 0.25) is 10.0 Å². The predicted octanol–water partition coefficient (Wildman–Crippen LogP) is 3.02. The number of nitrogens with zero attached hydrogens (tertiary/aromatic N) is 2. The van der Waals surface area contributed by atoms with Crippen LogP contribution < -0.4 is 16.0 Å². The molecule has 0 amide bonds. The molecular weight excluding hydrogens is 664 g/mol. The Morgan fingerprint density at radius 1 is 1.24 bits per heavy atom. The van der Waals surface area contributed by atoms with E-state index in [4.69, 9.17) is 56.0 Å². The minimum atomic E-state index is -4.64. The number of carbonyl (C=O) groups is 1. The van der Waals surface area contributed by atoms with Crippen molar-refractivity contribution in [3.63, 3.8) is 0 Å². The number of rotatable bonds is 12. The number of ether oxygens (including phenoxy) is 4. The zero-order chi connectivity index (χ0) is 33.1. The number of esters is 1. The van der Waals surface area contributed by atoms with Crippen LogP contribution in [0.5, 0.6) is 11.5 Å². The first-order valence-corrected chi connectivity index (χ1v) is 15.8. The molecule has 45 heavy (non-hydrogen) atoms. The summed E-state index contributed by atoms with van der Waals surface area (Å²) in [6, 6.07) is 1.33. The van der Waals surface area contributed by atoms with E-state index in [1.54, 1.807) is 6.92 Å². The molecule has 2 aliphatic heterocycles. The summed E-state index contributed by atoms with van der Waals surface area (Å²) in [5.74, 6) is -1.20. The first kappa shape index (κ1) is 34.9. The maximum Gasteiger partial charge on any atom is 0.472 e. The van der Waals surface area contributed by atoms with Crippen LogP contribution in [0, 0.1) is 12.8 Å². The van der Waals surface area contributed by atoms with Crippen LogP contribution in [-0.2, 0) is 37.5 Å². The van der Waals surface area contributed by atoms with E-state index in [0.717, 1.165) is 10.8 Å². The minimum Gasteiger partial charge on any atom is -0.503 e. The average molecular weight is 696 g/mol. The van der Waals surface area contributed by atoms with Gasteiger partial charge in [0.05, 0.1) is 42.7 Å². The molecule has 0 spiro atoms. The van der Waals surface area contributed by atoms with Gasteiger partial charge in [0.1, 0.15) is 12.3 Å². The van der Waals surface area contributed by atoms with E-state index in [0.29, 0.717) is 0 Å². The van der Waals surface area contributed by atoms with E-state index >= 15 is 0 Å². The lowest BCUT2D eigenvalue weighted by atomic mass is 10.0. The Kier molecular flexibility index (Phi) is 11.4. The number of benzene rings is 1. The summed E-state index contributed by atoms with van der Waals surface area (Å²) in [4.78, 5) is 53.7. The second-order valence-electron chi connectivity index (χ2n) is 10.3. The van der Waals surface area contributed by atoms with Gasteiger partial charge in [0.25, 0.3) is 5.56 Å². The van der Waals surface area contributed by atoms with E-state index < -0.39 is 62.5 Å². The van der Waals surface area contributed by atoms with Crippen molar-refractivity contribution in [1.29, 1.82) is 0 Å². The third kappa shape index (κ3) is 8.65. The molecule has 3 N–H and O–H groups in total. The molecular formula is C26H32Cl2N3O13P. The molecule has 0 aliphatic carbocycles. The standard InChI is InChI=1S/C26H32Cl2N3O13P/c1-12-9-31(26(35)30-25(12)34)21-7-18(44-29-8-16-17(27)6-19(38-4)24(33)23(16)28)20(43-21)11-40-45(36,37)39-10-15-5-22(41-13(15)2)42-14(3)32/h6,8-9,13,15,18,20-22,33H,5,7,10-11H2,1-4H3,(H,36,37)(H,30,34,35)/b29-8+/t13?,15-,18+,20+,21+,22?/m0/s1. The molecule has 0 radical (unpaired) electrons. The zero-order valence-electron chi connectivity index (χ0n) is 24.5. The van der Waals surface area contributed by atoms with Crippen molar-refractivity contribution in [2.24, 2.45) is 11.1 Å². The number of aryl methyl sites for hydroxylation is 1. The number of methoxy groups -OCH3 is 1. The molecule has 16 nitrogen and oxygen atoms in total. The summed E-state index contributed by atoms with van der Waals surface area (Å²) in [5.41, 5.74) is -0.960. The molecule has 0 bridgehead atoms. The number of aromatic hydroxyl groups is 1. The summed E-state index contributed by atoms with van der Waals surface area (Å²) in [5, 5.41) is 14.1. The second kappa shape index (κ2) is 14.6. The number of phenols is 1. The molecule has 3 heterocycles. The highest BCUT2D eigenvalue weighted by molar-refractivity contribution is 7.47. The normalized spacial score (nSPS) is 26.2. The van der Waals surface area contributed by atoms with E-state index in [-0.39, 0.29) is 58.0 Å². The van der Waals surface area contributed by atoms with Crippen molar-refractivity contribution < 1.29 is 52.2 Å². The molecule has 0 saturated carbocycles. The number of phosphoric acid groups is 1. The van der Waals surface area contributed by atoms with Gasteiger partial charge < -0.3 is 33.8 Å². The topological polar surface area (TPSA) is 206 Å². The van der Waals surface area contributed by atoms with E-state index in [1.165, 1.54) is 33.2 Å². The number of carbonyl (C=O) groups excluding carboxylic acids is 1. The van der Waals surface area contributed by atoms with Crippen LogP contribution in [0.1, 0.15) is 44.0 Å². The Hall–Kier alpha value is -2.95. The lowest BCUT2D eigenvalue weighted by Crippen LogP contribution is -2.33. The Bertz CT molecular complexity index is 1600. The van der Waals surface area contributed by atoms with Crippen LogP contribution in [0.3, 0.4) is 0 Å². The number of hydrogen-bond acceptors (Lipinski definition) is 13. The first-order chi connectivity index (χ1) is 21.2. The van der Waals surface area contributed by atoms with Crippen molar-refractivity contribution in [1.82, 2.24) is 9.55 Å². The Labute approximate surface area is 266 Å². The number of phenolic OH excluding ortho intramolecular Hbond substituents is 1. The van der Waals surface area contributed by atoms with E-state index in [9.17, 15) is 28.9 Å². The molecule has 19 heteroatoms. The minimum absolute atomic E-state index is 0.00284. The van der Waals surface area contributed by atoms with Gasteiger partial charge in [0, 0.05) is 49.1 Å². The van der Waals surface area contributed by atoms with Gasteiger partial charge in [-0.25, -0.2) is 9.36 Å². The van der Waals surface area contributed by atoms with Gasteiger partial charge in [-0.2, -0.15) is 0 Å². The molecule has 2 fully saturated rings. The fraction of sp³-hybridized carbons (Fsp3) is 0.538. The number of nitrogens with one attached hydrogen (secondary N) is 1.